The Balaban J connectivity index is 2.20. The van der Waals surface area contributed by atoms with Gasteiger partial charge in [-0.2, -0.15) is 13.2 Å². The predicted octanol–water partition coefficient (Wildman–Crippen LogP) is 3.62. The summed E-state index contributed by atoms with van der Waals surface area (Å²) < 4.78 is 44.5. The molecule has 1 saturated carbocycles. The summed E-state index contributed by atoms with van der Waals surface area (Å²) in [4.78, 5) is 4.05. The van der Waals surface area contributed by atoms with E-state index >= 15 is 0 Å². The normalized spacial score (nSPS) is 24.6. The molecule has 2 rings (SSSR count). The van der Waals surface area contributed by atoms with E-state index in [4.69, 9.17) is 4.42 Å². The van der Waals surface area contributed by atoms with Crippen LogP contribution in [0.5, 0.6) is 0 Å². The Labute approximate surface area is 110 Å². The lowest BCUT2D eigenvalue weighted by Crippen LogP contribution is -2.32. The summed E-state index contributed by atoms with van der Waals surface area (Å²) in [5, 5.41) is 3.08. The van der Waals surface area contributed by atoms with E-state index in [1.54, 1.807) is 0 Å². The van der Waals surface area contributed by atoms with Crippen molar-refractivity contribution < 1.29 is 17.6 Å². The monoisotopic (exact) mass is 276 g/mol. The van der Waals surface area contributed by atoms with Gasteiger partial charge in [0.15, 0.2) is 6.39 Å². The number of halogens is 3. The summed E-state index contributed by atoms with van der Waals surface area (Å²) in [6.07, 6.45) is -0.735. The fraction of sp³-hybridized carbons (Fsp3) is 0.769. The van der Waals surface area contributed by atoms with Crippen molar-refractivity contribution in [3.8, 4) is 0 Å². The van der Waals surface area contributed by atoms with Crippen LogP contribution in [-0.2, 0) is 6.54 Å². The highest BCUT2D eigenvalue weighted by molar-refractivity contribution is 5.15. The summed E-state index contributed by atoms with van der Waals surface area (Å²) >= 11 is 0. The number of hydrogen-bond donors (Lipinski definition) is 1. The second-order valence-corrected chi connectivity index (χ2v) is 4.98. The molecule has 1 aromatic rings. The van der Waals surface area contributed by atoms with Gasteiger partial charge in [0, 0.05) is 12.5 Å². The first-order valence-electron chi connectivity index (χ1n) is 6.73. The molecule has 1 fully saturated rings. The number of alkyl halides is 3. The molecule has 1 aliphatic carbocycles. The molecule has 108 valence electrons. The summed E-state index contributed by atoms with van der Waals surface area (Å²) in [5.74, 6) is -1.46. The highest BCUT2D eigenvalue weighted by Gasteiger charge is 2.47. The molecule has 1 heterocycles. The molecule has 0 spiro atoms. The van der Waals surface area contributed by atoms with E-state index in [1.165, 1.54) is 6.39 Å². The van der Waals surface area contributed by atoms with Gasteiger partial charge in [-0.25, -0.2) is 4.98 Å². The Morgan fingerprint density at radius 3 is 2.79 bits per heavy atom. The summed E-state index contributed by atoms with van der Waals surface area (Å²) in [7, 11) is 0. The molecule has 0 radical (unpaired) electrons. The van der Waals surface area contributed by atoms with E-state index in [0.29, 0.717) is 30.8 Å². The molecule has 1 N–H and O–H groups in total. The summed E-state index contributed by atoms with van der Waals surface area (Å²) in [5.41, 5.74) is 0.614. The van der Waals surface area contributed by atoms with Gasteiger partial charge in [-0.05, 0) is 19.4 Å². The lowest BCUT2D eigenvalue weighted by Gasteiger charge is -2.32. The van der Waals surface area contributed by atoms with Crippen molar-refractivity contribution in [2.24, 2.45) is 5.92 Å². The van der Waals surface area contributed by atoms with Gasteiger partial charge in [0.05, 0.1) is 11.6 Å². The molecule has 1 aromatic heterocycles. The van der Waals surface area contributed by atoms with Gasteiger partial charge >= 0.3 is 6.18 Å². The van der Waals surface area contributed by atoms with Crippen LogP contribution < -0.4 is 5.32 Å². The van der Waals surface area contributed by atoms with Gasteiger partial charge in [-0.15, -0.1) is 0 Å². The largest absolute Gasteiger partial charge is 0.448 e. The van der Waals surface area contributed by atoms with Crippen molar-refractivity contribution in [1.29, 1.82) is 0 Å². The Bertz CT molecular complexity index is 403. The van der Waals surface area contributed by atoms with E-state index in [1.807, 2.05) is 6.92 Å². The van der Waals surface area contributed by atoms with Crippen molar-refractivity contribution in [2.45, 2.75) is 51.2 Å². The SMILES string of the molecule is CCNCc1ncoc1C1CCCCC1C(F)(F)F. The topological polar surface area (TPSA) is 38.1 Å². The summed E-state index contributed by atoms with van der Waals surface area (Å²) in [6.45, 7) is 3.15. The van der Waals surface area contributed by atoms with E-state index in [9.17, 15) is 13.2 Å². The van der Waals surface area contributed by atoms with Crippen molar-refractivity contribution in [3.05, 3.63) is 17.8 Å². The number of rotatable bonds is 4. The zero-order chi connectivity index (χ0) is 13.9. The number of aromatic nitrogens is 1. The summed E-state index contributed by atoms with van der Waals surface area (Å²) in [6, 6.07) is 0. The number of nitrogens with one attached hydrogen (secondary N) is 1. The number of oxazole rings is 1. The van der Waals surface area contributed by atoms with Gasteiger partial charge in [-0.3, -0.25) is 0 Å². The molecule has 1 aliphatic rings. The number of nitrogens with zero attached hydrogens (tertiary/aromatic N) is 1. The zero-order valence-corrected chi connectivity index (χ0v) is 11.0. The van der Waals surface area contributed by atoms with Gasteiger partial charge in [-0.1, -0.05) is 19.8 Å². The molecule has 0 aliphatic heterocycles. The Kier molecular flexibility index (Phi) is 4.50. The van der Waals surface area contributed by atoms with Crippen LogP contribution in [0.15, 0.2) is 10.8 Å². The second-order valence-electron chi connectivity index (χ2n) is 4.98. The minimum absolute atomic E-state index is 0.190. The van der Waals surface area contributed by atoms with Crippen LogP contribution in [0.25, 0.3) is 0 Å². The molecule has 6 heteroatoms. The van der Waals surface area contributed by atoms with Crippen molar-refractivity contribution >= 4 is 0 Å². The quantitative estimate of drug-likeness (QED) is 0.912. The van der Waals surface area contributed by atoms with Crippen LogP contribution in [0.2, 0.25) is 0 Å². The van der Waals surface area contributed by atoms with Crippen molar-refractivity contribution in [1.82, 2.24) is 10.3 Å². The van der Waals surface area contributed by atoms with Gasteiger partial charge in [0.2, 0.25) is 0 Å². The first kappa shape index (κ1) is 14.4. The smallest absolute Gasteiger partial charge is 0.392 e. The van der Waals surface area contributed by atoms with Gasteiger partial charge < -0.3 is 9.73 Å². The first-order valence-corrected chi connectivity index (χ1v) is 6.73. The molecule has 19 heavy (non-hydrogen) atoms. The molecule has 0 bridgehead atoms. The van der Waals surface area contributed by atoms with Crippen LogP contribution in [0, 0.1) is 5.92 Å². The molecule has 0 aromatic carbocycles. The average molecular weight is 276 g/mol. The fourth-order valence-corrected chi connectivity index (χ4v) is 2.79. The maximum atomic E-state index is 13.1. The average Bonchev–Trinajstić information content (AvgIpc) is 2.83. The van der Waals surface area contributed by atoms with Crippen molar-refractivity contribution in [3.63, 3.8) is 0 Å². The van der Waals surface area contributed by atoms with E-state index < -0.39 is 18.0 Å². The lowest BCUT2D eigenvalue weighted by molar-refractivity contribution is -0.188. The molecular weight excluding hydrogens is 257 g/mol. The van der Waals surface area contributed by atoms with Crippen LogP contribution in [-0.4, -0.2) is 17.7 Å². The molecular formula is C13H19F3N2O. The van der Waals surface area contributed by atoms with Crippen LogP contribution in [0.1, 0.15) is 50.0 Å². The maximum Gasteiger partial charge on any atom is 0.392 e. The van der Waals surface area contributed by atoms with E-state index in [-0.39, 0.29) is 6.42 Å². The Hall–Kier alpha value is -1.04. The third kappa shape index (κ3) is 3.29. The zero-order valence-electron chi connectivity index (χ0n) is 11.0. The molecule has 2 unspecified atom stereocenters. The Morgan fingerprint density at radius 2 is 2.11 bits per heavy atom. The fourth-order valence-electron chi connectivity index (χ4n) is 2.79. The van der Waals surface area contributed by atoms with Crippen LogP contribution >= 0.6 is 0 Å². The van der Waals surface area contributed by atoms with E-state index in [0.717, 1.165) is 13.0 Å². The number of hydrogen-bond acceptors (Lipinski definition) is 3. The third-order valence-corrected chi connectivity index (χ3v) is 3.74. The highest BCUT2D eigenvalue weighted by atomic mass is 19.4. The van der Waals surface area contributed by atoms with Crippen LogP contribution in [0.3, 0.4) is 0 Å². The molecule has 0 amide bonds. The second kappa shape index (κ2) is 5.94. The van der Waals surface area contributed by atoms with Gasteiger partial charge in [0.1, 0.15) is 5.76 Å². The highest BCUT2D eigenvalue weighted by Crippen LogP contribution is 2.47. The van der Waals surface area contributed by atoms with E-state index in [2.05, 4.69) is 10.3 Å². The minimum atomic E-state index is -4.16. The molecule has 2 atom stereocenters. The van der Waals surface area contributed by atoms with Crippen LogP contribution in [0.4, 0.5) is 13.2 Å². The predicted molar refractivity (Wildman–Crippen MR) is 64.6 cm³/mol. The molecule has 0 saturated heterocycles. The standard InChI is InChI=1S/C13H19F3N2O/c1-2-17-7-11-12(19-8-18-11)9-5-3-4-6-10(9)13(14,15)16/h8-10,17H,2-7H2,1H3. The maximum absolute atomic E-state index is 13.1. The molecule has 3 nitrogen and oxygen atoms in total. The Morgan fingerprint density at radius 1 is 1.37 bits per heavy atom. The third-order valence-electron chi connectivity index (χ3n) is 3.74. The van der Waals surface area contributed by atoms with Gasteiger partial charge in [0.25, 0.3) is 0 Å². The minimum Gasteiger partial charge on any atom is -0.448 e. The first-order chi connectivity index (χ1) is 9.04. The van der Waals surface area contributed by atoms with Crippen molar-refractivity contribution in [2.75, 3.05) is 6.54 Å². The lowest BCUT2D eigenvalue weighted by atomic mass is 9.77.